The van der Waals surface area contributed by atoms with Gasteiger partial charge in [-0.2, -0.15) is 10.2 Å². The van der Waals surface area contributed by atoms with Gasteiger partial charge in [-0.15, -0.1) is 0 Å². The van der Waals surface area contributed by atoms with E-state index in [1.165, 1.54) is 0 Å². The minimum Gasteiger partial charge on any atom is -0.345 e. The smallest absolute Gasteiger partial charge is 0.113 e. The number of benzene rings is 1. The van der Waals surface area contributed by atoms with Crippen LogP contribution in [-0.4, -0.2) is 62.0 Å². The number of hydrogen-bond donors (Lipinski definition) is 0. The van der Waals surface area contributed by atoms with Gasteiger partial charge in [-0.25, -0.2) is 5.01 Å². The van der Waals surface area contributed by atoms with Crippen LogP contribution in [0, 0.1) is 0 Å². The van der Waals surface area contributed by atoms with Crippen LogP contribution in [0.3, 0.4) is 0 Å². The molecule has 0 atom stereocenters. The van der Waals surface area contributed by atoms with Gasteiger partial charge < -0.3 is 9.80 Å². The molecular weight excluding hydrogens is 240 g/mol. The van der Waals surface area contributed by atoms with E-state index in [1.54, 1.807) is 6.34 Å². The lowest BCUT2D eigenvalue weighted by Gasteiger charge is -2.15. The van der Waals surface area contributed by atoms with Gasteiger partial charge in [0.25, 0.3) is 0 Å². The van der Waals surface area contributed by atoms with Gasteiger partial charge in [0.05, 0.1) is 5.69 Å². The standard InChI is InChI=1S/C9H11N3.C4H9N3/c1-11-7-10-12(8-11)9-5-3-2-4-6-9;1-6-3-5-7(2)4-6/h2-7H,8H2,1H3;3H,4H2,1-2H3. The van der Waals surface area contributed by atoms with Crippen molar-refractivity contribution in [2.75, 3.05) is 39.5 Å². The van der Waals surface area contributed by atoms with Crippen molar-refractivity contribution in [2.45, 2.75) is 0 Å². The first-order chi connectivity index (χ1) is 9.15. The molecule has 0 N–H and O–H groups in total. The highest BCUT2D eigenvalue weighted by Crippen LogP contribution is 2.15. The maximum absolute atomic E-state index is 4.22. The summed E-state index contributed by atoms with van der Waals surface area (Å²) in [6.07, 6.45) is 3.63. The van der Waals surface area contributed by atoms with Crippen LogP contribution in [0.15, 0.2) is 40.5 Å². The molecule has 1 aromatic rings. The van der Waals surface area contributed by atoms with Crippen molar-refractivity contribution in [1.82, 2.24) is 14.8 Å². The van der Waals surface area contributed by atoms with Crippen molar-refractivity contribution in [1.29, 1.82) is 0 Å². The second-order valence-corrected chi connectivity index (χ2v) is 4.65. The molecular formula is C13H20N6. The molecule has 102 valence electrons. The van der Waals surface area contributed by atoms with Crippen LogP contribution in [0.25, 0.3) is 0 Å². The molecule has 0 aliphatic carbocycles. The van der Waals surface area contributed by atoms with Crippen molar-refractivity contribution in [3.05, 3.63) is 30.3 Å². The van der Waals surface area contributed by atoms with Crippen molar-refractivity contribution < 1.29 is 0 Å². The van der Waals surface area contributed by atoms with Crippen LogP contribution in [-0.2, 0) is 0 Å². The highest BCUT2D eigenvalue weighted by Gasteiger charge is 2.10. The Labute approximate surface area is 114 Å². The van der Waals surface area contributed by atoms with E-state index in [0.717, 1.165) is 19.0 Å². The molecule has 3 rings (SSSR count). The Bertz CT molecular complexity index is 434. The van der Waals surface area contributed by atoms with E-state index in [4.69, 9.17) is 0 Å². The normalized spacial score (nSPS) is 17.0. The molecule has 1 aromatic carbocycles. The van der Waals surface area contributed by atoms with Gasteiger partial charge in [-0.3, -0.25) is 5.01 Å². The summed E-state index contributed by atoms with van der Waals surface area (Å²) in [5.41, 5.74) is 1.14. The van der Waals surface area contributed by atoms with Crippen LogP contribution in [0.1, 0.15) is 0 Å². The Hall–Kier alpha value is -2.24. The fourth-order valence-corrected chi connectivity index (χ4v) is 1.76. The first-order valence-electron chi connectivity index (χ1n) is 6.17. The highest BCUT2D eigenvalue weighted by atomic mass is 15.6. The third-order valence-corrected chi connectivity index (χ3v) is 2.67. The minimum atomic E-state index is 0.837. The summed E-state index contributed by atoms with van der Waals surface area (Å²) in [4.78, 5) is 4.05. The summed E-state index contributed by atoms with van der Waals surface area (Å²) in [6, 6.07) is 10.1. The van der Waals surface area contributed by atoms with E-state index in [9.17, 15) is 0 Å². The fourth-order valence-electron chi connectivity index (χ4n) is 1.76. The minimum absolute atomic E-state index is 0.837. The zero-order valence-electron chi connectivity index (χ0n) is 11.6. The molecule has 6 heteroatoms. The molecule has 0 unspecified atom stereocenters. The van der Waals surface area contributed by atoms with Crippen LogP contribution in [0.5, 0.6) is 0 Å². The maximum atomic E-state index is 4.22. The van der Waals surface area contributed by atoms with Gasteiger partial charge in [0.15, 0.2) is 0 Å². The highest BCUT2D eigenvalue weighted by molar-refractivity contribution is 5.62. The van der Waals surface area contributed by atoms with Crippen LogP contribution < -0.4 is 5.01 Å². The fraction of sp³-hybridized carbons (Fsp3) is 0.385. The molecule has 0 saturated carbocycles. The molecule has 0 radical (unpaired) electrons. The van der Waals surface area contributed by atoms with E-state index in [2.05, 4.69) is 22.3 Å². The van der Waals surface area contributed by atoms with Crippen molar-refractivity contribution in [3.63, 3.8) is 0 Å². The van der Waals surface area contributed by atoms with E-state index in [0.29, 0.717) is 0 Å². The van der Waals surface area contributed by atoms with Gasteiger partial charge >= 0.3 is 0 Å². The summed E-state index contributed by atoms with van der Waals surface area (Å²) in [7, 11) is 5.94. The summed E-state index contributed by atoms with van der Waals surface area (Å²) >= 11 is 0. The second-order valence-electron chi connectivity index (χ2n) is 4.65. The van der Waals surface area contributed by atoms with Crippen molar-refractivity contribution in [2.24, 2.45) is 10.2 Å². The largest absolute Gasteiger partial charge is 0.345 e. The molecule has 2 aliphatic heterocycles. The summed E-state index contributed by atoms with van der Waals surface area (Å²) in [6.45, 7) is 1.75. The molecule has 6 nitrogen and oxygen atoms in total. The molecule has 0 amide bonds. The average Bonchev–Trinajstić information content (AvgIpc) is 3.00. The number of rotatable bonds is 1. The Kier molecular flexibility index (Phi) is 4.22. The lowest BCUT2D eigenvalue weighted by atomic mass is 10.3. The molecule has 0 spiro atoms. The lowest BCUT2D eigenvalue weighted by molar-refractivity contribution is 0.304. The van der Waals surface area contributed by atoms with E-state index in [1.807, 2.05) is 65.5 Å². The van der Waals surface area contributed by atoms with Crippen molar-refractivity contribution >= 4 is 18.4 Å². The Morgan fingerprint density at radius 1 is 0.842 bits per heavy atom. The average molecular weight is 260 g/mol. The molecule has 2 aliphatic rings. The van der Waals surface area contributed by atoms with Gasteiger partial charge in [0.2, 0.25) is 0 Å². The molecule has 2 heterocycles. The zero-order chi connectivity index (χ0) is 13.7. The zero-order valence-corrected chi connectivity index (χ0v) is 11.6. The van der Waals surface area contributed by atoms with Crippen LogP contribution in [0.2, 0.25) is 0 Å². The number of hydrogen-bond acceptors (Lipinski definition) is 6. The number of anilines is 1. The number of nitrogens with zero attached hydrogens (tertiary/aromatic N) is 6. The van der Waals surface area contributed by atoms with Crippen molar-refractivity contribution in [3.8, 4) is 0 Å². The molecule has 0 saturated heterocycles. The van der Waals surface area contributed by atoms with Crippen LogP contribution in [0.4, 0.5) is 5.69 Å². The second kappa shape index (κ2) is 6.08. The Balaban J connectivity index is 0.000000163. The van der Waals surface area contributed by atoms with Gasteiger partial charge in [-0.1, -0.05) is 18.2 Å². The predicted octanol–water partition coefficient (Wildman–Crippen LogP) is 1.10. The third kappa shape index (κ3) is 3.87. The van der Waals surface area contributed by atoms with Crippen LogP contribution >= 0.6 is 0 Å². The monoisotopic (exact) mass is 260 g/mol. The van der Waals surface area contributed by atoms with E-state index >= 15 is 0 Å². The topological polar surface area (TPSA) is 37.7 Å². The Morgan fingerprint density at radius 2 is 1.47 bits per heavy atom. The van der Waals surface area contributed by atoms with E-state index < -0.39 is 0 Å². The Morgan fingerprint density at radius 3 is 1.89 bits per heavy atom. The lowest BCUT2D eigenvalue weighted by Crippen LogP contribution is -2.22. The molecule has 19 heavy (non-hydrogen) atoms. The SMILES string of the molecule is CN1C=NN(C)C1.CN1C=NN(c2ccccc2)C1. The van der Waals surface area contributed by atoms with Gasteiger partial charge in [0, 0.05) is 21.1 Å². The molecule has 0 bridgehead atoms. The van der Waals surface area contributed by atoms with Gasteiger partial charge in [0.1, 0.15) is 26.0 Å². The van der Waals surface area contributed by atoms with Gasteiger partial charge in [-0.05, 0) is 12.1 Å². The number of para-hydroxylation sites is 1. The quantitative estimate of drug-likeness (QED) is 0.758. The third-order valence-electron chi connectivity index (χ3n) is 2.67. The first kappa shape index (κ1) is 13.2. The number of hydrazone groups is 2. The van der Waals surface area contributed by atoms with E-state index in [-0.39, 0.29) is 0 Å². The maximum Gasteiger partial charge on any atom is 0.113 e. The summed E-state index contributed by atoms with van der Waals surface area (Å²) < 4.78 is 0. The first-order valence-corrected chi connectivity index (χ1v) is 6.17. The summed E-state index contributed by atoms with van der Waals surface area (Å²) in [5.74, 6) is 0. The predicted molar refractivity (Wildman–Crippen MR) is 78.9 cm³/mol. The molecule has 0 aromatic heterocycles. The summed E-state index contributed by atoms with van der Waals surface area (Å²) in [5, 5.41) is 12.0. The molecule has 0 fully saturated rings.